The number of nitrogens with one attached hydrogen (secondary N) is 1. The molecule has 1 heterocycles. The molecule has 7 heteroatoms. The number of hydrogen-bond donors (Lipinski definition) is 2. The van der Waals surface area contributed by atoms with Gasteiger partial charge in [0.05, 0.1) is 18.6 Å². The molecule has 160 valence electrons. The van der Waals surface area contributed by atoms with Crippen molar-refractivity contribution in [3.63, 3.8) is 0 Å². The van der Waals surface area contributed by atoms with Gasteiger partial charge in [-0.1, -0.05) is 36.8 Å². The molecule has 0 radical (unpaired) electrons. The monoisotopic (exact) mass is 418 g/mol. The highest BCUT2D eigenvalue weighted by molar-refractivity contribution is 5.83. The molecule has 3 N–H and O–H groups in total. The fraction of sp³-hybridized carbons (Fsp3) is 0.292. The van der Waals surface area contributed by atoms with Gasteiger partial charge in [0.1, 0.15) is 29.5 Å². The van der Waals surface area contributed by atoms with Crippen molar-refractivity contribution in [3.8, 4) is 22.6 Å². The second-order valence-electron chi connectivity index (χ2n) is 7.65. The molecule has 3 aromatic rings. The number of aromatic nitrogens is 2. The molecule has 4 rings (SSSR count). The average molecular weight is 418 g/mol. The summed E-state index contributed by atoms with van der Waals surface area (Å²) in [6.07, 6.45) is 4.93. The number of methoxy groups -OCH3 is 1. The van der Waals surface area contributed by atoms with Gasteiger partial charge in [-0.3, -0.25) is 4.79 Å². The van der Waals surface area contributed by atoms with E-state index in [0.717, 1.165) is 41.9 Å². The molecule has 0 amide bonds. The Bertz CT molecular complexity index is 1020. The van der Waals surface area contributed by atoms with Crippen molar-refractivity contribution in [1.29, 1.82) is 0 Å². The number of para-hydroxylation sites is 1. The number of hydrogen-bond acceptors (Lipinski definition) is 7. The molecule has 2 aromatic carbocycles. The van der Waals surface area contributed by atoms with Crippen molar-refractivity contribution in [1.82, 2.24) is 9.97 Å². The minimum Gasteiger partial charge on any atom is -0.469 e. The van der Waals surface area contributed by atoms with Crippen LogP contribution in [0.4, 0.5) is 11.6 Å². The molecule has 7 nitrogen and oxygen atoms in total. The first-order chi connectivity index (χ1) is 15.1. The fourth-order valence-electron chi connectivity index (χ4n) is 4.00. The van der Waals surface area contributed by atoms with Gasteiger partial charge in [-0.15, -0.1) is 0 Å². The van der Waals surface area contributed by atoms with Crippen LogP contribution >= 0.6 is 0 Å². The Balaban J connectivity index is 1.53. The number of carbonyl (C=O) groups is 1. The van der Waals surface area contributed by atoms with E-state index < -0.39 is 0 Å². The number of nitrogen functional groups attached to an aromatic ring is 1. The van der Waals surface area contributed by atoms with Crippen molar-refractivity contribution in [2.45, 2.75) is 31.7 Å². The molecule has 0 aliphatic heterocycles. The molecule has 1 fully saturated rings. The lowest BCUT2D eigenvalue weighted by atomic mass is 9.85. The second-order valence-corrected chi connectivity index (χ2v) is 7.65. The third-order valence-electron chi connectivity index (χ3n) is 5.55. The van der Waals surface area contributed by atoms with Gasteiger partial charge in [-0.05, 0) is 49.1 Å². The maximum atomic E-state index is 12.0. The molecule has 1 aromatic heterocycles. The van der Waals surface area contributed by atoms with Crippen LogP contribution < -0.4 is 15.8 Å². The summed E-state index contributed by atoms with van der Waals surface area (Å²) >= 11 is 0. The van der Waals surface area contributed by atoms with Crippen LogP contribution in [0.2, 0.25) is 0 Å². The molecule has 1 aliphatic carbocycles. The zero-order chi connectivity index (χ0) is 21.6. The maximum Gasteiger partial charge on any atom is 0.308 e. The predicted molar refractivity (Wildman–Crippen MR) is 120 cm³/mol. The van der Waals surface area contributed by atoms with E-state index in [1.54, 1.807) is 0 Å². The zero-order valence-electron chi connectivity index (χ0n) is 17.5. The first-order valence-electron chi connectivity index (χ1n) is 10.4. The van der Waals surface area contributed by atoms with E-state index in [1.807, 2.05) is 54.6 Å². The summed E-state index contributed by atoms with van der Waals surface area (Å²) in [5.41, 5.74) is 7.86. The quantitative estimate of drug-likeness (QED) is 0.562. The normalized spacial score (nSPS) is 18.2. The van der Waals surface area contributed by atoms with Crippen LogP contribution in [0.1, 0.15) is 25.7 Å². The summed E-state index contributed by atoms with van der Waals surface area (Å²) in [5, 5.41) is 3.48. The summed E-state index contributed by atoms with van der Waals surface area (Å²) < 4.78 is 10.8. The molecule has 0 saturated heterocycles. The fourth-order valence-corrected chi connectivity index (χ4v) is 4.00. The van der Waals surface area contributed by atoms with E-state index in [9.17, 15) is 4.79 Å². The Labute approximate surface area is 181 Å². The maximum absolute atomic E-state index is 12.0. The van der Waals surface area contributed by atoms with Crippen molar-refractivity contribution in [2.24, 2.45) is 5.92 Å². The lowest BCUT2D eigenvalue weighted by molar-refractivity contribution is -0.146. The smallest absolute Gasteiger partial charge is 0.308 e. The van der Waals surface area contributed by atoms with Crippen molar-refractivity contribution < 1.29 is 14.3 Å². The van der Waals surface area contributed by atoms with Gasteiger partial charge in [-0.25, -0.2) is 9.97 Å². The van der Waals surface area contributed by atoms with Crippen LogP contribution in [0.15, 0.2) is 60.9 Å². The molecule has 1 aliphatic rings. The molecule has 1 saturated carbocycles. The number of carbonyl (C=O) groups excluding carboxylic acids is 1. The highest BCUT2D eigenvalue weighted by atomic mass is 16.5. The molecule has 2 unspecified atom stereocenters. The van der Waals surface area contributed by atoms with Gasteiger partial charge >= 0.3 is 5.97 Å². The van der Waals surface area contributed by atoms with Gasteiger partial charge in [0.2, 0.25) is 0 Å². The number of rotatable bonds is 6. The summed E-state index contributed by atoms with van der Waals surface area (Å²) in [6.45, 7) is 0. The van der Waals surface area contributed by atoms with Gasteiger partial charge in [0.15, 0.2) is 0 Å². The number of nitrogens with two attached hydrogens (primary N) is 1. The molecule has 31 heavy (non-hydrogen) atoms. The van der Waals surface area contributed by atoms with Crippen LogP contribution in [0.25, 0.3) is 11.1 Å². The lowest BCUT2D eigenvalue weighted by Gasteiger charge is -2.29. The van der Waals surface area contributed by atoms with E-state index >= 15 is 0 Å². The van der Waals surface area contributed by atoms with Crippen molar-refractivity contribution in [2.75, 3.05) is 18.2 Å². The van der Waals surface area contributed by atoms with E-state index in [-0.39, 0.29) is 17.9 Å². The first-order valence-corrected chi connectivity index (χ1v) is 10.4. The molecular formula is C24H26N4O3. The SMILES string of the molecule is COC(=O)C1CCCC(Nc2ncnc(N)c2-c2ccc(Oc3ccccc3)cc2)C1. The van der Waals surface area contributed by atoms with Crippen LogP contribution in [-0.4, -0.2) is 29.1 Å². The highest BCUT2D eigenvalue weighted by Gasteiger charge is 2.28. The molecule has 2 atom stereocenters. The van der Waals surface area contributed by atoms with Gasteiger partial charge in [-0.2, -0.15) is 0 Å². The first kappa shape index (κ1) is 20.7. The van der Waals surface area contributed by atoms with E-state index in [0.29, 0.717) is 18.1 Å². The Morgan fingerprint density at radius 1 is 1.03 bits per heavy atom. The molecule has 0 bridgehead atoms. The molecular weight excluding hydrogens is 392 g/mol. The van der Waals surface area contributed by atoms with Gasteiger partial charge in [0.25, 0.3) is 0 Å². The largest absolute Gasteiger partial charge is 0.469 e. The number of benzene rings is 2. The zero-order valence-corrected chi connectivity index (χ0v) is 17.5. The number of esters is 1. The van der Waals surface area contributed by atoms with E-state index in [4.69, 9.17) is 15.2 Å². The van der Waals surface area contributed by atoms with E-state index in [2.05, 4.69) is 15.3 Å². The predicted octanol–water partition coefficient (Wildman–Crippen LogP) is 4.66. The van der Waals surface area contributed by atoms with Crippen LogP contribution in [-0.2, 0) is 9.53 Å². The Morgan fingerprint density at radius 2 is 1.77 bits per heavy atom. The minimum absolute atomic E-state index is 0.0895. The Kier molecular flexibility index (Phi) is 6.31. The molecule has 0 spiro atoms. The third-order valence-corrected chi connectivity index (χ3v) is 5.55. The van der Waals surface area contributed by atoms with Crippen molar-refractivity contribution >= 4 is 17.6 Å². The summed E-state index contributed by atoms with van der Waals surface area (Å²) in [4.78, 5) is 20.6. The summed E-state index contributed by atoms with van der Waals surface area (Å²) in [7, 11) is 1.44. The van der Waals surface area contributed by atoms with Gasteiger partial charge < -0.3 is 20.5 Å². The standard InChI is InChI=1S/C24H26N4O3/c1-30-24(29)17-6-5-7-18(14-17)28-23-21(22(25)26-15-27-23)16-10-12-20(13-11-16)31-19-8-3-2-4-9-19/h2-4,8-13,15,17-18H,5-7,14H2,1H3,(H3,25,26,27,28). The topological polar surface area (TPSA) is 99.4 Å². The van der Waals surface area contributed by atoms with Gasteiger partial charge in [0, 0.05) is 6.04 Å². The third kappa shape index (κ3) is 4.94. The number of ether oxygens (including phenoxy) is 2. The van der Waals surface area contributed by atoms with Crippen LogP contribution in [0, 0.1) is 5.92 Å². The highest BCUT2D eigenvalue weighted by Crippen LogP contribution is 2.35. The van der Waals surface area contributed by atoms with Crippen LogP contribution in [0.3, 0.4) is 0 Å². The minimum atomic E-state index is -0.150. The van der Waals surface area contributed by atoms with Crippen molar-refractivity contribution in [3.05, 3.63) is 60.9 Å². The van der Waals surface area contributed by atoms with E-state index in [1.165, 1.54) is 13.4 Å². The van der Waals surface area contributed by atoms with Crippen LogP contribution in [0.5, 0.6) is 11.5 Å². The number of anilines is 2. The number of nitrogens with zero attached hydrogens (tertiary/aromatic N) is 2. The Hall–Kier alpha value is -3.61. The Morgan fingerprint density at radius 3 is 2.52 bits per heavy atom. The average Bonchev–Trinajstić information content (AvgIpc) is 2.80. The summed E-state index contributed by atoms with van der Waals surface area (Å²) in [5.74, 6) is 2.33. The lowest BCUT2D eigenvalue weighted by Crippen LogP contribution is -2.32. The second kappa shape index (κ2) is 9.47. The summed E-state index contributed by atoms with van der Waals surface area (Å²) in [6, 6.07) is 17.4.